The molecule has 0 N–H and O–H groups in total. The molecule has 0 saturated carbocycles. The van der Waals surface area contributed by atoms with Crippen LogP contribution in [-0.4, -0.2) is 0 Å². The van der Waals surface area contributed by atoms with E-state index in [-0.39, 0.29) is 17.1 Å². The van der Waals surface area contributed by atoms with Gasteiger partial charge in [-0.3, -0.25) is 4.70 Å². The molecule has 0 nitrogen and oxygen atoms in total. The summed E-state index contributed by atoms with van der Waals surface area (Å²) in [5.74, 6) is 0. The van der Waals surface area contributed by atoms with Gasteiger partial charge in [-0.2, -0.15) is 17.6 Å². The Balaban J connectivity index is -0.0000000383. The Kier molecular flexibility index (Phi) is 33.0. The first-order valence-corrected chi connectivity index (χ1v) is 1.62. The fraction of sp³-hybridized carbons (Fsp3) is 0. The monoisotopic (exact) mass is 202 g/mol. The average Bonchev–Trinajstić information content (AvgIpc) is 1.65. The molecule has 0 aliphatic carbocycles. The van der Waals surface area contributed by atoms with Crippen LogP contribution in [0.3, 0.4) is 0 Å². The molecule has 11 heavy (non-hydrogen) atoms. The second-order valence-corrected chi connectivity index (χ2v) is 0.737. The molecular weight excluding hydrogens is 197 g/mol. The Hall–Kier alpha value is -0.650. The molecule has 0 aromatic rings. The van der Waals surface area contributed by atoms with Crippen molar-refractivity contribution in [3.8, 4) is 0 Å². The Morgan fingerprint density at radius 3 is 1.18 bits per heavy atom. The maximum absolute atomic E-state index is 10.2. The van der Waals surface area contributed by atoms with E-state index < -0.39 is 18.5 Å². The van der Waals surface area contributed by atoms with Gasteiger partial charge in [-0.1, -0.05) is 0 Å². The minimum Gasteiger partial charge on any atom is -0.269 e. The standard InChI is InChI=1S/C2HF3.C2H2F2.ClH.FH/c3-1-2(4)5;1-2(3)4;;/h1H;1H2;2*1H. The van der Waals surface area contributed by atoms with Gasteiger partial charge in [-0.25, -0.2) is 4.39 Å². The second kappa shape index (κ2) is 16.2. The van der Waals surface area contributed by atoms with Crippen molar-refractivity contribution in [3.05, 3.63) is 25.1 Å². The van der Waals surface area contributed by atoms with E-state index in [1.165, 1.54) is 0 Å². The van der Waals surface area contributed by atoms with E-state index in [2.05, 4.69) is 6.58 Å². The highest BCUT2D eigenvalue weighted by Crippen LogP contribution is 1.93. The lowest BCUT2D eigenvalue weighted by Gasteiger charge is -1.59. The van der Waals surface area contributed by atoms with Crippen LogP contribution in [0.2, 0.25) is 0 Å². The van der Waals surface area contributed by atoms with Gasteiger partial charge in [0.05, 0.1) is 0 Å². The normalized spacial score (nSPS) is 5.55. The van der Waals surface area contributed by atoms with Crippen LogP contribution in [0.1, 0.15) is 0 Å². The third-order valence-corrected chi connectivity index (χ3v) is 0.0825. The predicted molar refractivity (Wildman–Crippen MR) is 32.5 cm³/mol. The van der Waals surface area contributed by atoms with E-state index in [9.17, 15) is 22.0 Å². The number of halogens is 7. The van der Waals surface area contributed by atoms with Gasteiger partial charge < -0.3 is 0 Å². The number of hydrogen-bond acceptors (Lipinski definition) is 0. The molecule has 0 rings (SSSR count). The minimum absolute atomic E-state index is 0. The fourth-order valence-electron chi connectivity index (χ4n) is 0. The van der Waals surface area contributed by atoms with Crippen molar-refractivity contribution >= 4 is 12.4 Å². The highest BCUT2D eigenvalue weighted by molar-refractivity contribution is 5.85. The zero-order valence-corrected chi connectivity index (χ0v) is 5.81. The third-order valence-electron chi connectivity index (χ3n) is 0.0825. The summed E-state index contributed by atoms with van der Waals surface area (Å²) in [5.41, 5.74) is 0. The van der Waals surface area contributed by atoms with Crippen LogP contribution < -0.4 is 0 Å². The lowest BCUT2D eigenvalue weighted by molar-refractivity contribution is 0.400. The predicted octanol–water partition coefficient (Wildman–Crippen LogP) is 3.66. The Bertz CT molecular complexity index is 103. The molecule has 0 unspecified atom stereocenters. The topological polar surface area (TPSA) is 0 Å². The SMILES string of the molecule is C=C(F)F.Cl.F.FC=C(F)F. The fourth-order valence-corrected chi connectivity index (χ4v) is 0. The molecule has 0 aliphatic rings. The average molecular weight is 203 g/mol. The van der Waals surface area contributed by atoms with E-state index in [4.69, 9.17) is 0 Å². The van der Waals surface area contributed by atoms with E-state index in [0.717, 1.165) is 0 Å². The van der Waals surface area contributed by atoms with Crippen LogP contribution in [0.4, 0.5) is 26.7 Å². The van der Waals surface area contributed by atoms with Crippen molar-refractivity contribution in [1.29, 1.82) is 0 Å². The summed E-state index contributed by atoms with van der Waals surface area (Å²) < 4.78 is 51.0. The van der Waals surface area contributed by atoms with Gasteiger partial charge in [0.2, 0.25) is 0 Å². The van der Waals surface area contributed by atoms with Crippen molar-refractivity contribution in [2.24, 2.45) is 0 Å². The van der Waals surface area contributed by atoms with Crippen molar-refractivity contribution in [2.45, 2.75) is 0 Å². The minimum atomic E-state index is -2.29. The van der Waals surface area contributed by atoms with Gasteiger partial charge in [0.15, 0.2) is 6.33 Å². The van der Waals surface area contributed by atoms with E-state index in [1.807, 2.05) is 0 Å². The van der Waals surface area contributed by atoms with Crippen molar-refractivity contribution < 1.29 is 26.7 Å². The summed E-state index contributed by atoms with van der Waals surface area (Å²) in [6, 6.07) is 0. The molecule has 0 saturated heterocycles. The van der Waals surface area contributed by atoms with Gasteiger partial charge in [0.1, 0.15) is 0 Å². The van der Waals surface area contributed by atoms with Crippen LogP contribution in [0.15, 0.2) is 25.1 Å². The molecule has 0 aliphatic heterocycles. The largest absolute Gasteiger partial charge is 0.298 e. The van der Waals surface area contributed by atoms with Gasteiger partial charge in [-0.05, 0) is 6.58 Å². The summed E-state index contributed by atoms with van der Waals surface area (Å²) >= 11 is 0. The molecule has 0 aromatic heterocycles. The molecule has 70 valence electrons. The highest BCUT2D eigenvalue weighted by atomic mass is 35.5. The number of rotatable bonds is 0. The zero-order valence-electron chi connectivity index (χ0n) is 4.99. The smallest absolute Gasteiger partial charge is 0.269 e. The maximum atomic E-state index is 10.2. The zero-order chi connectivity index (χ0) is 7.86. The first-order chi connectivity index (χ1) is 4.00. The summed E-state index contributed by atoms with van der Waals surface area (Å²) in [6.07, 6.45) is -4.87. The molecule has 0 spiro atoms. The lowest BCUT2D eigenvalue weighted by Crippen LogP contribution is -1.42. The van der Waals surface area contributed by atoms with Gasteiger partial charge in [0.25, 0.3) is 12.2 Å². The molecular formula is C4H5ClF6. The first-order valence-electron chi connectivity index (χ1n) is 1.62. The second-order valence-electron chi connectivity index (χ2n) is 0.737. The Labute approximate surface area is 65.2 Å². The summed E-state index contributed by atoms with van der Waals surface area (Å²) in [4.78, 5) is 0. The lowest BCUT2D eigenvalue weighted by atomic mass is 11.1. The van der Waals surface area contributed by atoms with Crippen molar-refractivity contribution in [1.82, 2.24) is 0 Å². The molecule has 0 radical (unpaired) electrons. The van der Waals surface area contributed by atoms with Crippen molar-refractivity contribution in [3.63, 3.8) is 0 Å². The van der Waals surface area contributed by atoms with E-state index in [1.54, 1.807) is 0 Å². The molecule has 0 aromatic carbocycles. The highest BCUT2D eigenvalue weighted by Gasteiger charge is 1.78. The van der Waals surface area contributed by atoms with E-state index in [0.29, 0.717) is 0 Å². The van der Waals surface area contributed by atoms with Crippen molar-refractivity contribution in [2.75, 3.05) is 0 Å². The molecule has 0 bridgehead atoms. The van der Waals surface area contributed by atoms with Crippen LogP contribution in [-0.2, 0) is 0 Å². The Morgan fingerprint density at radius 1 is 1.09 bits per heavy atom. The van der Waals surface area contributed by atoms with E-state index >= 15 is 0 Å². The molecule has 0 heterocycles. The first kappa shape index (κ1) is 22.4. The van der Waals surface area contributed by atoms with Gasteiger partial charge in [0, 0.05) is 0 Å². The molecule has 0 amide bonds. The summed E-state index contributed by atoms with van der Waals surface area (Å²) in [5, 5.41) is 0. The third kappa shape index (κ3) is 277. The summed E-state index contributed by atoms with van der Waals surface area (Å²) in [7, 11) is 0. The molecule has 0 fully saturated rings. The van der Waals surface area contributed by atoms with Crippen LogP contribution >= 0.6 is 12.4 Å². The molecule has 0 atom stereocenters. The van der Waals surface area contributed by atoms with Gasteiger partial charge >= 0.3 is 0 Å². The van der Waals surface area contributed by atoms with Gasteiger partial charge in [-0.15, -0.1) is 12.4 Å². The van der Waals surface area contributed by atoms with Crippen LogP contribution in [0.5, 0.6) is 0 Å². The quantitative estimate of drug-likeness (QED) is 0.526. The maximum Gasteiger partial charge on any atom is 0.298 e. The summed E-state index contributed by atoms with van der Waals surface area (Å²) in [6.45, 7) is 2.22. The Morgan fingerprint density at radius 2 is 1.18 bits per heavy atom. The van der Waals surface area contributed by atoms with Crippen LogP contribution in [0, 0.1) is 0 Å². The molecule has 7 heteroatoms. The van der Waals surface area contributed by atoms with Crippen LogP contribution in [0.25, 0.3) is 0 Å². The number of hydrogen-bond donors (Lipinski definition) is 0.